The van der Waals surface area contributed by atoms with Crippen molar-refractivity contribution in [2.24, 2.45) is 0 Å². The molecule has 206 valence electrons. The Balaban J connectivity index is 1.92. The Morgan fingerprint density at radius 2 is 1.77 bits per heavy atom. The van der Waals surface area contributed by atoms with Gasteiger partial charge in [0.25, 0.3) is 5.91 Å². The molecule has 0 aromatic heterocycles. The zero-order valence-electron chi connectivity index (χ0n) is 22.1. The first kappa shape index (κ1) is 29.6. The van der Waals surface area contributed by atoms with Crippen LogP contribution < -0.4 is 14.8 Å². The van der Waals surface area contributed by atoms with Crippen molar-refractivity contribution in [1.29, 1.82) is 0 Å². The van der Waals surface area contributed by atoms with Gasteiger partial charge in [-0.25, -0.2) is 0 Å². The lowest BCUT2D eigenvalue weighted by molar-refractivity contribution is -0.385. The number of rotatable bonds is 13. The molecule has 3 aromatic carbocycles. The molecular formula is C29H32BrN3O6. The average molecular weight is 598 g/mol. The number of nitrogens with one attached hydrogen (secondary N) is 1. The van der Waals surface area contributed by atoms with Crippen LogP contribution in [0.1, 0.15) is 31.4 Å². The van der Waals surface area contributed by atoms with Gasteiger partial charge in [-0.2, -0.15) is 0 Å². The summed E-state index contributed by atoms with van der Waals surface area (Å²) in [4.78, 5) is 39.4. The fraction of sp³-hybridized carbons (Fsp3) is 0.310. The lowest BCUT2D eigenvalue weighted by atomic mass is 10.0. The molecule has 0 unspecified atom stereocenters. The minimum Gasteiger partial charge on any atom is -0.490 e. The number of carbonyl (C=O) groups excluding carboxylic acids is 2. The third-order valence-corrected chi connectivity index (χ3v) is 6.72. The van der Waals surface area contributed by atoms with E-state index in [0.29, 0.717) is 6.42 Å². The molecule has 2 atom stereocenters. The predicted octanol–water partition coefficient (Wildman–Crippen LogP) is 5.30. The van der Waals surface area contributed by atoms with Crippen molar-refractivity contribution in [2.75, 3.05) is 13.7 Å². The Hall–Kier alpha value is -3.92. The molecule has 39 heavy (non-hydrogen) atoms. The fourth-order valence-corrected chi connectivity index (χ4v) is 4.40. The highest BCUT2D eigenvalue weighted by molar-refractivity contribution is 9.10. The molecule has 0 bridgehead atoms. The van der Waals surface area contributed by atoms with Crippen LogP contribution in [0.25, 0.3) is 0 Å². The number of benzene rings is 3. The lowest BCUT2D eigenvalue weighted by Gasteiger charge is -2.32. The van der Waals surface area contributed by atoms with E-state index in [9.17, 15) is 19.7 Å². The van der Waals surface area contributed by atoms with Crippen LogP contribution in [0.3, 0.4) is 0 Å². The first-order valence-corrected chi connectivity index (χ1v) is 13.3. The normalized spacial score (nSPS) is 12.2. The van der Waals surface area contributed by atoms with Crippen LogP contribution in [-0.2, 0) is 22.6 Å². The average Bonchev–Trinajstić information content (AvgIpc) is 2.93. The monoisotopic (exact) mass is 597 g/mol. The first-order valence-electron chi connectivity index (χ1n) is 12.5. The third-order valence-electron chi connectivity index (χ3n) is 6.22. The molecule has 0 spiro atoms. The summed E-state index contributed by atoms with van der Waals surface area (Å²) in [6.07, 6.45) is 1.06. The second kappa shape index (κ2) is 14.3. The summed E-state index contributed by atoms with van der Waals surface area (Å²) >= 11 is 3.47. The van der Waals surface area contributed by atoms with Gasteiger partial charge in [0.2, 0.25) is 11.7 Å². The highest BCUT2D eigenvalue weighted by atomic mass is 79.9. The number of methoxy groups -OCH3 is 1. The number of nitrogens with zero attached hydrogens (tertiary/aromatic N) is 2. The van der Waals surface area contributed by atoms with Gasteiger partial charge in [-0.1, -0.05) is 65.3 Å². The lowest BCUT2D eigenvalue weighted by Crippen LogP contribution is -2.53. The van der Waals surface area contributed by atoms with Gasteiger partial charge in [0.15, 0.2) is 6.61 Å². The highest BCUT2D eigenvalue weighted by Crippen LogP contribution is 2.31. The Morgan fingerprint density at radius 1 is 1.05 bits per heavy atom. The van der Waals surface area contributed by atoms with E-state index in [2.05, 4.69) is 21.2 Å². The van der Waals surface area contributed by atoms with Crippen LogP contribution in [0, 0.1) is 10.1 Å². The number of ether oxygens (including phenoxy) is 2. The smallest absolute Gasteiger partial charge is 0.311 e. The topological polar surface area (TPSA) is 111 Å². The van der Waals surface area contributed by atoms with Crippen molar-refractivity contribution in [3.63, 3.8) is 0 Å². The van der Waals surface area contributed by atoms with Crippen molar-refractivity contribution >= 4 is 33.4 Å². The number of amides is 2. The number of hydrogen-bond donors (Lipinski definition) is 1. The summed E-state index contributed by atoms with van der Waals surface area (Å²) in [5, 5.41) is 14.2. The summed E-state index contributed by atoms with van der Waals surface area (Å²) in [7, 11) is 1.32. The quantitative estimate of drug-likeness (QED) is 0.211. The number of nitro groups is 1. The summed E-state index contributed by atoms with van der Waals surface area (Å²) < 4.78 is 11.7. The van der Waals surface area contributed by atoms with Crippen molar-refractivity contribution in [3.05, 3.63) is 98.5 Å². The van der Waals surface area contributed by atoms with E-state index in [1.165, 1.54) is 30.2 Å². The third kappa shape index (κ3) is 8.54. The van der Waals surface area contributed by atoms with Crippen LogP contribution >= 0.6 is 15.9 Å². The van der Waals surface area contributed by atoms with Crippen LogP contribution in [0.15, 0.2) is 77.3 Å². The van der Waals surface area contributed by atoms with Crippen molar-refractivity contribution < 1.29 is 24.0 Å². The maximum Gasteiger partial charge on any atom is 0.311 e. The van der Waals surface area contributed by atoms with E-state index >= 15 is 0 Å². The molecule has 2 amide bonds. The molecule has 0 saturated carbocycles. The predicted molar refractivity (Wildman–Crippen MR) is 152 cm³/mol. The van der Waals surface area contributed by atoms with E-state index in [1.807, 2.05) is 68.4 Å². The molecule has 0 aliphatic carbocycles. The molecule has 10 heteroatoms. The van der Waals surface area contributed by atoms with Gasteiger partial charge in [0.1, 0.15) is 11.8 Å². The molecule has 1 N–H and O–H groups in total. The maximum atomic E-state index is 13.7. The van der Waals surface area contributed by atoms with E-state index in [0.717, 1.165) is 22.0 Å². The van der Waals surface area contributed by atoms with Crippen molar-refractivity contribution in [2.45, 2.75) is 45.3 Å². The molecular weight excluding hydrogens is 566 g/mol. The second-order valence-electron chi connectivity index (χ2n) is 9.05. The summed E-state index contributed by atoms with van der Waals surface area (Å²) in [6, 6.07) is 20.2. The maximum absolute atomic E-state index is 13.7. The Morgan fingerprint density at radius 3 is 2.41 bits per heavy atom. The summed E-state index contributed by atoms with van der Waals surface area (Å²) in [5.41, 5.74) is 1.54. The van der Waals surface area contributed by atoms with Crippen LogP contribution in [0.2, 0.25) is 0 Å². The number of carbonyl (C=O) groups is 2. The molecule has 0 aliphatic heterocycles. The van der Waals surface area contributed by atoms with E-state index < -0.39 is 16.9 Å². The molecule has 3 rings (SSSR count). The van der Waals surface area contributed by atoms with Gasteiger partial charge >= 0.3 is 5.69 Å². The SMILES string of the molecule is CC[C@@H](C)NC(=O)[C@@H](Cc1ccccc1)N(Cc1cccc(Br)c1)C(=O)COc1ccc([N+](=O)[O-])c(OC)c1. The van der Waals surface area contributed by atoms with Gasteiger partial charge in [-0.05, 0) is 42.7 Å². The van der Waals surface area contributed by atoms with Gasteiger partial charge in [0, 0.05) is 35.6 Å². The molecule has 0 fully saturated rings. The Labute approximate surface area is 236 Å². The van der Waals surface area contributed by atoms with E-state index in [-0.39, 0.29) is 42.3 Å². The van der Waals surface area contributed by atoms with E-state index in [1.54, 1.807) is 0 Å². The van der Waals surface area contributed by atoms with Gasteiger partial charge in [-0.15, -0.1) is 0 Å². The van der Waals surface area contributed by atoms with Crippen LogP contribution in [-0.4, -0.2) is 47.4 Å². The van der Waals surface area contributed by atoms with Gasteiger partial charge < -0.3 is 19.7 Å². The van der Waals surface area contributed by atoms with Crippen molar-refractivity contribution in [3.8, 4) is 11.5 Å². The zero-order valence-corrected chi connectivity index (χ0v) is 23.7. The number of hydrogen-bond acceptors (Lipinski definition) is 6. The molecule has 0 aliphatic rings. The van der Waals surface area contributed by atoms with Crippen LogP contribution in [0.5, 0.6) is 11.5 Å². The molecule has 3 aromatic rings. The summed E-state index contributed by atoms with van der Waals surface area (Å²) in [5.74, 6) is -0.413. The number of nitro benzene ring substituents is 1. The van der Waals surface area contributed by atoms with Gasteiger partial charge in [0.05, 0.1) is 12.0 Å². The standard InChI is InChI=1S/C29H32BrN3O6/c1-4-20(2)31-29(35)26(16-21-9-6-5-7-10-21)32(18-22-11-8-12-23(30)15-22)28(34)19-39-24-13-14-25(33(36)37)27(17-24)38-3/h5-15,17,20,26H,4,16,18-19H2,1-3H3,(H,31,35)/t20-,26-/m1/s1. The Kier molecular flexibility index (Phi) is 10.9. The molecule has 0 heterocycles. The highest BCUT2D eigenvalue weighted by Gasteiger charge is 2.31. The van der Waals surface area contributed by atoms with Crippen molar-refractivity contribution in [1.82, 2.24) is 10.2 Å². The first-order chi connectivity index (χ1) is 18.7. The second-order valence-corrected chi connectivity index (χ2v) is 9.97. The van der Waals surface area contributed by atoms with Crippen LogP contribution in [0.4, 0.5) is 5.69 Å². The number of halogens is 1. The fourth-order valence-electron chi connectivity index (χ4n) is 3.95. The zero-order chi connectivity index (χ0) is 28.4. The molecule has 0 saturated heterocycles. The van der Waals surface area contributed by atoms with Gasteiger partial charge in [-0.3, -0.25) is 19.7 Å². The largest absolute Gasteiger partial charge is 0.490 e. The minimum atomic E-state index is -0.803. The molecule has 9 nitrogen and oxygen atoms in total. The van der Waals surface area contributed by atoms with E-state index in [4.69, 9.17) is 9.47 Å². The molecule has 0 radical (unpaired) electrons. The Bertz CT molecular complexity index is 1290. The minimum absolute atomic E-state index is 0.0193. The summed E-state index contributed by atoms with van der Waals surface area (Å²) in [6.45, 7) is 3.70.